The highest BCUT2D eigenvalue weighted by Crippen LogP contribution is 2.52. The number of aliphatic hydroxyl groups excluding tert-OH is 2. The molecule has 6 amide bonds. The van der Waals surface area contributed by atoms with Gasteiger partial charge in [-0.25, -0.2) is 14.6 Å². The summed E-state index contributed by atoms with van der Waals surface area (Å²) in [4.78, 5) is 127. The number of ketones is 2. The zero-order valence-corrected chi connectivity index (χ0v) is 79.8. The number of esters is 1. The summed E-state index contributed by atoms with van der Waals surface area (Å²) in [5.74, 6) is -11.1. The topological polar surface area (TPSA) is 476 Å². The summed E-state index contributed by atoms with van der Waals surface area (Å²) in [7, 11) is 5.36. The molecule has 36 nitrogen and oxygen atoms in total. The van der Waals surface area contributed by atoms with E-state index >= 15 is 9.59 Å². The maximum atomic E-state index is 15.2. The summed E-state index contributed by atoms with van der Waals surface area (Å²) in [5, 5.41) is 60.3. The third kappa shape index (κ3) is 29.3. The van der Waals surface area contributed by atoms with Crippen LogP contribution in [0.15, 0.2) is 130 Å². The van der Waals surface area contributed by atoms with Crippen LogP contribution in [0.2, 0.25) is 0 Å². The summed E-state index contributed by atoms with van der Waals surface area (Å²) in [6, 6.07) is 24.7. The summed E-state index contributed by atoms with van der Waals surface area (Å²) in [6.45, 7) is 23.0. The molecule has 11 N–H and O–H groups in total. The van der Waals surface area contributed by atoms with E-state index in [-0.39, 0.29) is 133 Å². The molecule has 0 unspecified atom stereocenters. The van der Waals surface area contributed by atoms with Gasteiger partial charge in [0.05, 0.1) is 161 Å². The summed E-state index contributed by atoms with van der Waals surface area (Å²) in [5.41, 5.74) is 9.13. The van der Waals surface area contributed by atoms with Gasteiger partial charge in [-0.2, -0.15) is 0 Å². The van der Waals surface area contributed by atoms with Gasteiger partial charge in [-0.1, -0.05) is 120 Å². The summed E-state index contributed by atoms with van der Waals surface area (Å²) < 4.78 is 87.5. The number of nitrogens with two attached hydrogens (primary N) is 1. The van der Waals surface area contributed by atoms with Crippen LogP contribution in [0.25, 0.3) is 44.5 Å². The van der Waals surface area contributed by atoms with Gasteiger partial charge in [-0.05, 0) is 73.1 Å². The highest BCUT2D eigenvalue weighted by atomic mass is 16.7. The number of carbonyl (C=O) groups is 8. The van der Waals surface area contributed by atoms with Gasteiger partial charge in [0.15, 0.2) is 17.1 Å². The number of aromatic hydroxyl groups is 2. The summed E-state index contributed by atoms with van der Waals surface area (Å²) in [6.07, 6.45) is 2.84. The van der Waals surface area contributed by atoms with Gasteiger partial charge >= 0.3 is 23.9 Å². The third-order valence-electron chi connectivity index (χ3n) is 24.3. The molecule has 5 aromatic rings. The van der Waals surface area contributed by atoms with Gasteiger partial charge in [0.2, 0.25) is 17.2 Å². The number of amides is 6. The lowest BCUT2D eigenvalue weighted by Gasteiger charge is -2.38. The number of anilines is 2. The molecular weight excluding hydrogens is 1760 g/mol. The monoisotopic (exact) mass is 1890 g/mol. The molecule has 36 heteroatoms. The SMILES string of the molecule is CO[C@H]1/C=C/O[C@@]2(C)Oc3c(C)c(O)c4c(=O)c(c5oc6cc(OCC[N+](C)(C)Cc7ccc(NC(=O)[C@H](CCCNC(N)=O)CC(=O)[C@@H](NC(=O)CCOCCOCCOCCOCCOCCOCCOCCOCCNC(=O)OCC8c9ccccc9-c9ccccc98)C(C)C)cc7)cc(O)c6nc-5c4c3C2=O)NC(=O)/C(C)=C\C=C\[C@H](C)[C@H](O)[C@@H](C)[C@@H](O)[C@@H](C)[C@H](OC(C)=O)[C@@H]1C. The number of urea groups is 1. The normalized spacial score (nSPS) is 20.5. The standard InChI is InChI=1S/C100H132N8O28/c1-59(2)84(105-80(112)32-36-123-40-42-125-44-46-127-48-50-129-52-53-130-51-49-128-47-45-126-43-41-124-38-34-103-99(121)132-58-75-73-25-16-14-23-71(73)72-24-15-17-26-74(72)75)76(110)54-68(22-19-33-102-98(101)120)97(119)104-69-29-27-67(28-30-69)57-108(11,12)35-39-131-70-55-77(111)85-79(56-70)135-94-86(106-85)81-82-90(115)65(8)93-83(81)95(117)100(10,136-93)133-37-31-78(122-13)62(5)92(134-66(9)109)64(7)89(114)63(6)88(113)60(3)20-18-21-61(4)96(118)107-87(94)91(82)116/h14-18,20-21,23-31,37,55-56,59-60,62-64,68,75,78,84,88-89,92,113-114H,19,22,32-36,38-54,57-58H2,1-13H3,(H8-,101,102,103,104,105,106,107,111,112,115,116,117,118,119,120,121)/p+1/b20-18+,37-31+,61-21-/t60-,62+,63+,64+,68+,78-,84-,88-,89+,92+,100-/m0/s1. The van der Waals surface area contributed by atoms with Crippen molar-refractivity contribution in [3.8, 4) is 45.6 Å². The maximum absolute atomic E-state index is 15.2. The first-order valence-electron chi connectivity index (χ1n) is 46.2. The minimum atomic E-state index is -2.17. The number of quaternary nitrogens is 1. The van der Waals surface area contributed by atoms with Crippen molar-refractivity contribution in [3.63, 3.8) is 0 Å². The van der Waals surface area contributed by atoms with E-state index in [9.17, 15) is 54.0 Å². The Bertz CT molecular complexity index is 5300. The number of phenolic OH excluding ortho intramolecular Hbond substituents is 2. The van der Waals surface area contributed by atoms with Crippen molar-refractivity contribution in [1.82, 2.24) is 20.9 Å². The Morgan fingerprint density at radius 3 is 1.87 bits per heavy atom. The Morgan fingerprint density at radius 1 is 0.699 bits per heavy atom. The van der Waals surface area contributed by atoms with Gasteiger partial charge in [0, 0.05) is 122 Å². The van der Waals surface area contributed by atoms with Gasteiger partial charge in [0.25, 0.3) is 11.7 Å². The molecule has 0 saturated carbocycles. The van der Waals surface area contributed by atoms with E-state index in [1.807, 2.05) is 50.5 Å². The second-order valence-electron chi connectivity index (χ2n) is 35.4. The van der Waals surface area contributed by atoms with E-state index in [2.05, 4.69) is 50.8 Å². The average molecular weight is 1900 g/mol. The van der Waals surface area contributed by atoms with E-state index in [1.165, 1.54) is 82.6 Å². The number of Topliss-reactive ketones (excluding diaryl/α,β-unsaturated/α-hetero) is 2. The van der Waals surface area contributed by atoms with E-state index in [4.69, 9.17) is 81.5 Å². The number of aromatic nitrogens is 1. The van der Waals surface area contributed by atoms with Crippen LogP contribution in [-0.4, -0.2) is 273 Å². The van der Waals surface area contributed by atoms with Crippen LogP contribution in [0, 0.1) is 42.4 Å². The Morgan fingerprint density at radius 2 is 1.29 bits per heavy atom. The van der Waals surface area contributed by atoms with Crippen LogP contribution in [0.5, 0.6) is 23.0 Å². The molecule has 2 aliphatic carbocycles. The van der Waals surface area contributed by atoms with Gasteiger partial charge in [0.1, 0.15) is 72.3 Å². The van der Waals surface area contributed by atoms with Gasteiger partial charge in [-0.15, -0.1) is 0 Å². The van der Waals surface area contributed by atoms with Crippen LogP contribution >= 0.6 is 0 Å². The molecule has 0 saturated heterocycles. The molecule has 0 spiro atoms. The first-order chi connectivity index (χ1) is 65.1. The number of methoxy groups -OCH3 is 1. The Labute approximate surface area is 791 Å². The lowest BCUT2D eigenvalue weighted by Crippen LogP contribution is -2.46. The molecular formula is C100H133N8O28+. The Hall–Kier alpha value is -11.5. The molecule has 5 aliphatic rings. The van der Waals surface area contributed by atoms with Gasteiger partial charge < -0.3 is 128 Å². The summed E-state index contributed by atoms with van der Waals surface area (Å²) >= 11 is 0. The van der Waals surface area contributed by atoms with Crippen molar-refractivity contribution in [2.24, 2.45) is 41.2 Å². The van der Waals surface area contributed by atoms with Crippen molar-refractivity contribution in [3.05, 3.63) is 159 Å². The molecule has 10 rings (SSSR count). The molecule has 3 heterocycles. The minimum Gasteiger partial charge on any atom is -0.507 e. The Kier molecular flexibility index (Phi) is 40.4. The molecule has 0 radical (unpaired) electrons. The van der Waals surface area contributed by atoms with E-state index in [0.29, 0.717) is 122 Å². The molecule has 740 valence electrons. The van der Waals surface area contributed by atoms with Crippen LogP contribution in [0.3, 0.4) is 0 Å². The van der Waals surface area contributed by atoms with Crippen LogP contribution in [-0.2, 0) is 87.4 Å². The second-order valence-corrected chi connectivity index (χ2v) is 35.4. The number of likely N-dealkylation sites (N-methyl/N-ethyl adjacent to an activating group) is 1. The fraction of sp³-hybridized carbons (Fsp3) is 0.520. The predicted molar refractivity (Wildman–Crippen MR) is 505 cm³/mol. The molecule has 3 aliphatic heterocycles. The molecule has 5 aromatic carbocycles. The van der Waals surface area contributed by atoms with Crippen molar-refractivity contribution in [2.45, 2.75) is 144 Å². The zero-order valence-electron chi connectivity index (χ0n) is 79.8. The molecule has 4 bridgehead atoms. The van der Waals surface area contributed by atoms with Crippen molar-refractivity contribution >= 4 is 80.6 Å². The quantitative estimate of drug-likeness (QED) is 0.00557. The number of carbonyl (C=O) groups excluding carboxylic acids is 8. The van der Waals surface area contributed by atoms with Crippen LogP contribution in [0.1, 0.15) is 127 Å². The number of phenols is 2. The lowest BCUT2D eigenvalue weighted by atomic mass is 9.78. The van der Waals surface area contributed by atoms with Crippen molar-refractivity contribution in [1.29, 1.82) is 0 Å². The number of aliphatic hydroxyl groups is 2. The molecule has 136 heavy (non-hydrogen) atoms. The predicted octanol–water partition coefficient (Wildman–Crippen LogP) is 10.5. The second kappa shape index (κ2) is 51.6. The average Bonchev–Trinajstić information content (AvgIpc) is 1.13. The minimum absolute atomic E-state index is 0.00374. The van der Waals surface area contributed by atoms with Crippen LogP contribution < -0.4 is 47.2 Å². The fourth-order valence-electron chi connectivity index (χ4n) is 16.7. The number of fused-ring (bicyclic) bond motifs is 5. The smallest absolute Gasteiger partial charge is 0.407 e. The third-order valence-corrected chi connectivity index (χ3v) is 24.3. The van der Waals surface area contributed by atoms with E-state index < -0.39 is 135 Å². The number of primary amides is 1. The number of ether oxygens (including phenoxy) is 14. The number of nitrogens with zero attached hydrogens (tertiary/aromatic N) is 2. The van der Waals surface area contributed by atoms with Crippen LogP contribution in [0.4, 0.5) is 21.0 Å². The number of benzene rings is 6. The highest BCUT2D eigenvalue weighted by Gasteiger charge is 2.51. The first-order valence-corrected chi connectivity index (χ1v) is 46.2. The molecule has 0 aromatic heterocycles. The first kappa shape index (κ1) is 107. The number of rotatable bonds is 48. The fourth-order valence-corrected chi connectivity index (χ4v) is 16.7. The van der Waals surface area contributed by atoms with Crippen molar-refractivity contribution < 1.29 is 134 Å². The number of allylic oxidation sites excluding steroid dienone is 2. The number of nitrogens with one attached hydrogen (secondary N) is 5. The highest BCUT2D eigenvalue weighted by molar-refractivity contribution is 6.22. The molecule has 0 fully saturated rings. The number of hydrogen-bond acceptors (Lipinski definition) is 29. The number of hydrogen-bond donors (Lipinski definition) is 10. The largest absolute Gasteiger partial charge is 0.507 e. The van der Waals surface area contributed by atoms with Crippen molar-refractivity contribution in [2.75, 3.05) is 170 Å². The molecule has 11 atom stereocenters. The maximum Gasteiger partial charge on any atom is 0.407 e. The number of alkyl carbamates (subject to hydrolysis) is 1. The van der Waals surface area contributed by atoms with Gasteiger partial charge in [-0.3, -0.25) is 33.6 Å². The van der Waals surface area contributed by atoms with E-state index in [1.54, 1.807) is 59.8 Å². The zero-order chi connectivity index (χ0) is 98.3. The Balaban J connectivity index is 0.638. The van der Waals surface area contributed by atoms with E-state index in [0.717, 1.165) is 16.7 Å². The lowest BCUT2D eigenvalue weighted by molar-refractivity contribution is -0.903.